The predicted octanol–water partition coefficient (Wildman–Crippen LogP) is 3.53. The van der Waals surface area contributed by atoms with E-state index in [1.807, 2.05) is 37.5 Å². The van der Waals surface area contributed by atoms with Crippen LogP contribution >= 0.6 is 0 Å². The summed E-state index contributed by atoms with van der Waals surface area (Å²) in [6.07, 6.45) is 4.17. The zero-order valence-corrected chi connectivity index (χ0v) is 19.2. The van der Waals surface area contributed by atoms with Gasteiger partial charge in [-0.05, 0) is 50.7 Å². The molecule has 5 rings (SSSR count). The van der Waals surface area contributed by atoms with Crippen molar-refractivity contribution in [3.8, 4) is 0 Å². The molecule has 0 spiro atoms. The molecule has 0 bridgehead atoms. The molecule has 33 heavy (non-hydrogen) atoms. The van der Waals surface area contributed by atoms with Crippen LogP contribution in [0.15, 0.2) is 36.5 Å². The fourth-order valence-corrected chi connectivity index (χ4v) is 4.59. The van der Waals surface area contributed by atoms with Gasteiger partial charge in [0.15, 0.2) is 5.82 Å². The molecule has 1 aliphatic heterocycles. The molecule has 3 aromatic heterocycles. The molecule has 1 atom stereocenters. The van der Waals surface area contributed by atoms with Gasteiger partial charge < -0.3 is 20.4 Å². The Balaban J connectivity index is 1.34. The van der Waals surface area contributed by atoms with Crippen molar-refractivity contribution in [2.45, 2.75) is 18.9 Å². The quantitative estimate of drug-likeness (QED) is 0.375. The number of nitrogens with zero attached hydrogens (tertiary/aromatic N) is 4. The number of amides is 1. The number of fused-ring (bicyclic) bond motifs is 2. The van der Waals surface area contributed by atoms with E-state index in [1.165, 1.54) is 12.1 Å². The van der Waals surface area contributed by atoms with Gasteiger partial charge in [-0.1, -0.05) is 0 Å². The number of hydrogen-bond acceptors (Lipinski definition) is 6. The van der Waals surface area contributed by atoms with Crippen molar-refractivity contribution in [2.75, 3.05) is 44.5 Å². The topological polar surface area (TPSA) is 100 Å². The van der Waals surface area contributed by atoms with Crippen LogP contribution in [0.25, 0.3) is 21.8 Å². The lowest BCUT2D eigenvalue weighted by atomic mass is 10.1. The Morgan fingerprint density at radius 3 is 2.94 bits per heavy atom. The molecular formula is C24H29N7O2. The average Bonchev–Trinajstić information content (AvgIpc) is 3.50. The summed E-state index contributed by atoms with van der Waals surface area (Å²) in [7, 11) is 5.69. The van der Waals surface area contributed by atoms with Crippen molar-refractivity contribution in [3.05, 3.63) is 47.8 Å². The standard InChI is InChI=1S/C24H29N7O2/c1-30-9-4-5-20(30)19-11-16-14-26-22(13-18(16)27-19)28-24(32)15-6-7-17-21(12-15)31(2)29-23(17)25-8-10-33-3/h6-7,11-14,20,27H,4-5,8-10H2,1-3H3,(H,25,29)(H,26,28,32)/t20-/m1/s1. The normalized spacial score (nSPS) is 16.6. The zero-order valence-electron chi connectivity index (χ0n) is 19.2. The minimum absolute atomic E-state index is 0.207. The summed E-state index contributed by atoms with van der Waals surface area (Å²) < 4.78 is 6.86. The Kier molecular flexibility index (Phi) is 5.74. The average molecular weight is 448 g/mol. The molecule has 0 radical (unpaired) electrons. The minimum Gasteiger partial charge on any atom is -0.383 e. The number of ether oxygens (including phenoxy) is 1. The highest BCUT2D eigenvalue weighted by molar-refractivity contribution is 6.07. The maximum atomic E-state index is 13.0. The summed E-state index contributed by atoms with van der Waals surface area (Å²) in [5, 5.41) is 12.7. The highest BCUT2D eigenvalue weighted by Crippen LogP contribution is 2.32. The van der Waals surface area contributed by atoms with Crippen LogP contribution in [0, 0.1) is 0 Å². The molecule has 9 nitrogen and oxygen atoms in total. The van der Waals surface area contributed by atoms with Gasteiger partial charge >= 0.3 is 0 Å². The number of nitrogens with one attached hydrogen (secondary N) is 3. The molecule has 172 valence electrons. The van der Waals surface area contributed by atoms with Gasteiger partial charge in [0.2, 0.25) is 0 Å². The van der Waals surface area contributed by atoms with Crippen LogP contribution in [0.5, 0.6) is 0 Å². The molecule has 4 aromatic rings. The second-order valence-electron chi connectivity index (χ2n) is 8.60. The number of H-pyrrole nitrogens is 1. The Morgan fingerprint density at radius 1 is 1.27 bits per heavy atom. The van der Waals surface area contributed by atoms with Gasteiger partial charge in [-0.25, -0.2) is 4.98 Å². The summed E-state index contributed by atoms with van der Waals surface area (Å²) >= 11 is 0. The molecular weight excluding hydrogens is 418 g/mol. The number of carbonyl (C=O) groups excluding carboxylic acids is 1. The van der Waals surface area contributed by atoms with Gasteiger partial charge in [0.1, 0.15) is 5.82 Å². The van der Waals surface area contributed by atoms with Crippen LogP contribution in [0.3, 0.4) is 0 Å². The van der Waals surface area contributed by atoms with Crippen molar-refractivity contribution in [3.63, 3.8) is 0 Å². The number of methoxy groups -OCH3 is 1. The number of anilines is 2. The van der Waals surface area contributed by atoms with Crippen LogP contribution in [0.2, 0.25) is 0 Å². The number of benzene rings is 1. The molecule has 3 N–H and O–H groups in total. The molecule has 1 saturated heterocycles. The minimum atomic E-state index is -0.207. The summed E-state index contributed by atoms with van der Waals surface area (Å²) in [6, 6.07) is 10.0. The monoisotopic (exact) mass is 447 g/mol. The van der Waals surface area contributed by atoms with Crippen LogP contribution < -0.4 is 10.6 Å². The molecule has 1 amide bonds. The number of carbonyl (C=O) groups is 1. The van der Waals surface area contributed by atoms with Crippen molar-refractivity contribution in [1.82, 2.24) is 24.6 Å². The van der Waals surface area contributed by atoms with Crippen molar-refractivity contribution < 1.29 is 9.53 Å². The number of rotatable bonds is 7. The molecule has 4 heterocycles. The Labute approximate surface area is 192 Å². The summed E-state index contributed by atoms with van der Waals surface area (Å²) in [6.45, 7) is 2.37. The van der Waals surface area contributed by atoms with Gasteiger partial charge in [-0.15, -0.1) is 0 Å². The first kappa shape index (κ1) is 21.4. The van der Waals surface area contributed by atoms with E-state index in [4.69, 9.17) is 4.74 Å². The Bertz CT molecular complexity index is 1310. The van der Waals surface area contributed by atoms with Gasteiger partial charge in [0.25, 0.3) is 5.91 Å². The van der Waals surface area contributed by atoms with Gasteiger partial charge in [0.05, 0.1) is 17.6 Å². The molecule has 0 aliphatic carbocycles. The summed E-state index contributed by atoms with van der Waals surface area (Å²) in [5.41, 5.74) is 3.60. The first-order chi connectivity index (χ1) is 16.0. The third-order valence-electron chi connectivity index (χ3n) is 6.36. The lowest BCUT2D eigenvalue weighted by molar-refractivity contribution is 0.102. The smallest absolute Gasteiger partial charge is 0.256 e. The Hall–Kier alpha value is -3.43. The van der Waals surface area contributed by atoms with E-state index in [-0.39, 0.29) is 5.91 Å². The van der Waals surface area contributed by atoms with Gasteiger partial charge in [-0.3, -0.25) is 14.4 Å². The molecule has 0 saturated carbocycles. The number of likely N-dealkylation sites (tertiary alicyclic amines) is 1. The van der Waals surface area contributed by atoms with Crippen LogP contribution in [-0.4, -0.2) is 64.4 Å². The number of hydrogen-bond donors (Lipinski definition) is 3. The van der Waals surface area contributed by atoms with E-state index in [0.29, 0.717) is 30.6 Å². The predicted molar refractivity (Wildman–Crippen MR) is 130 cm³/mol. The van der Waals surface area contributed by atoms with Gasteiger partial charge in [0, 0.05) is 61.0 Å². The SMILES string of the molecule is COCCNc1nn(C)c2cc(C(=O)Nc3cc4[nH]c([C@H]5CCCN5C)cc4cn3)ccc12. The molecule has 1 aromatic carbocycles. The fraction of sp³-hybridized carbons (Fsp3) is 0.375. The second-order valence-corrected chi connectivity index (χ2v) is 8.60. The van der Waals surface area contributed by atoms with E-state index < -0.39 is 0 Å². The third-order valence-corrected chi connectivity index (χ3v) is 6.36. The number of aromatic nitrogens is 4. The lowest BCUT2D eigenvalue weighted by Crippen LogP contribution is -2.17. The third kappa shape index (κ3) is 4.17. The van der Waals surface area contributed by atoms with Crippen molar-refractivity contribution in [2.24, 2.45) is 7.05 Å². The number of aryl methyl sites for hydroxylation is 1. The van der Waals surface area contributed by atoms with Crippen LogP contribution in [0.1, 0.15) is 34.9 Å². The molecule has 1 fully saturated rings. The largest absolute Gasteiger partial charge is 0.383 e. The highest BCUT2D eigenvalue weighted by atomic mass is 16.5. The first-order valence-corrected chi connectivity index (χ1v) is 11.2. The highest BCUT2D eigenvalue weighted by Gasteiger charge is 2.24. The maximum absolute atomic E-state index is 13.0. The number of pyridine rings is 1. The number of aromatic amines is 1. The van der Waals surface area contributed by atoms with Crippen LogP contribution in [0.4, 0.5) is 11.6 Å². The lowest BCUT2D eigenvalue weighted by Gasteiger charge is -2.17. The van der Waals surface area contributed by atoms with Gasteiger partial charge in [-0.2, -0.15) is 5.10 Å². The first-order valence-electron chi connectivity index (χ1n) is 11.2. The van der Waals surface area contributed by atoms with Crippen LogP contribution in [-0.2, 0) is 11.8 Å². The van der Waals surface area contributed by atoms with E-state index >= 15 is 0 Å². The van der Waals surface area contributed by atoms with E-state index in [1.54, 1.807) is 11.8 Å². The van der Waals surface area contributed by atoms with E-state index in [9.17, 15) is 4.79 Å². The zero-order chi connectivity index (χ0) is 22.9. The molecule has 0 unspecified atom stereocenters. The van der Waals surface area contributed by atoms with Crippen molar-refractivity contribution >= 4 is 39.3 Å². The maximum Gasteiger partial charge on any atom is 0.256 e. The summed E-state index contributed by atoms with van der Waals surface area (Å²) in [4.78, 5) is 23.3. The van der Waals surface area contributed by atoms with E-state index in [2.05, 4.69) is 43.7 Å². The molecule has 9 heteroatoms. The van der Waals surface area contributed by atoms with E-state index in [0.717, 1.165) is 40.6 Å². The second kappa shape index (κ2) is 8.84. The molecule has 1 aliphatic rings. The Morgan fingerprint density at radius 2 is 2.15 bits per heavy atom. The van der Waals surface area contributed by atoms with Crippen molar-refractivity contribution in [1.29, 1.82) is 0 Å². The summed E-state index contributed by atoms with van der Waals surface area (Å²) in [5.74, 6) is 1.09. The fourth-order valence-electron chi connectivity index (χ4n) is 4.59.